The smallest absolute Gasteiger partial charge is 0.490 e. The molecule has 6 nitrogen and oxygen atoms in total. The van der Waals surface area contributed by atoms with Gasteiger partial charge in [0.2, 0.25) is 10.0 Å². The summed E-state index contributed by atoms with van der Waals surface area (Å²) < 4.78 is 45.4. The zero-order valence-electron chi connectivity index (χ0n) is 17.3. The van der Waals surface area contributed by atoms with E-state index in [1.54, 1.807) is 7.11 Å². The average molecular weight is 407 g/mol. The molecule has 1 N–H and O–H groups in total. The van der Waals surface area contributed by atoms with Crippen LogP contribution in [0.4, 0.5) is 0 Å². The topological polar surface area (TPSA) is 73.9 Å². The van der Waals surface area contributed by atoms with Crippen molar-refractivity contribution in [2.24, 2.45) is 0 Å². The lowest BCUT2D eigenvalue weighted by atomic mass is 9.72. The van der Waals surface area contributed by atoms with E-state index < -0.39 is 15.3 Å². The molecule has 1 fully saturated rings. The van der Waals surface area contributed by atoms with Crippen molar-refractivity contribution >= 4 is 17.1 Å². The molecule has 0 aromatic heterocycles. The number of hydrogen-bond acceptors (Lipinski definition) is 5. The number of ether oxygens (including phenoxy) is 1. The molecular formula is C20H30BNO5S. The first-order chi connectivity index (χ1) is 13.0. The van der Waals surface area contributed by atoms with Gasteiger partial charge in [0.15, 0.2) is 0 Å². The van der Waals surface area contributed by atoms with E-state index in [0.29, 0.717) is 19.3 Å². The summed E-state index contributed by atoms with van der Waals surface area (Å²) in [6.45, 7) is 8.36. The van der Waals surface area contributed by atoms with E-state index in [1.807, 2.05) is 58.0 Å². The van der Waals surface area contributed by atoms with E-state index in [0.717, 1.165) is 16.8 Å². The molecule has 0 saturated carbocycles. The molecule has 1 aliphatic heterocycles. The maximum atomic E-state index is 12.7. The van der Waals surface area contributed by atoms with Crippen LogP contribution in [0.1, 0.15) is 52.5 Å². The van der Waals surface area contributed by atoms with Gasteiger partial charge in [-0.2, -0.15) is 0 Å². The van der Waals surface area contributed by atoms with Gasteiger partial charge in [-0.3, -0.25) is 0 Å². The van der Waals surface area contributed by atoms with Gasteiger partial charge in [0.1, 0.15) is 5.75 Å². The minimum atomic E-state index is -3.40. The summed E-state index contributed by atoms with van der Waals surface area (Å²) in [4.78, 5) is 0. The largest absolute Gasteiger partial charge is 0.497 e. The highest BCUT2D eigenvalue weighted by Gasteiger charge is 2.52. The fourth-order valence-electron chi connectivity index (χ4n) is 3.37. The standard InChI is InChI=1S/C20H30BNO5S/c1-19(2)20(3,4)27-21(26-19)16-8-12-18(13-9-16)28(23,24)22-14-15-6-10-17(25-5)11-7-15/h6-8,10-11,18,22H,9,12-14H2,1-5H3. The molecule has 0 amide bonds. The van der Waals surface area contributed by atoms with Crippen molar-refractivity contribution in [3.8, 4) is 5.75 Å². The van der Waals surface area contributed by atoms with Crippen LogP contribution in [0.25, 0.3) is 0 Å². The van der Waals surface area contributed by atoms with Crippen LogP contribution in [0.3, 0.4) is 0 Å². The Morgan fingerprint density at radius 2 is 1.75 bits per heavy atom. The lowest BCUT2D eigenvalue weighted by molar-refractivity contribution is 0.00578. The highest BCUT2D eigenvalue weighted by molar-refractivity contribution is 7.90. The molecule has 3 rings (SSSR count). The molecule has 154 valence electrons. The van der Waals surface area contributed by atoms with Crippen molar-refractivity contribution in [3.05, 3.63) is 41.4 Å². The van der Waals surface area contributed by atoms with E-state index in [-0.39, 0.29) is 24.9 Å². The first kappa shape index (κ1) is 21.4. The number of sulfonamides is 1. The fraction of sp³-hybridized carbons (Fsp3) is 0.600. The maximum absolute atomic E-state index is 12.7. The third-order valence-electron chi connectivity index (χ3n) is 6.03. The van der Waals surface area contributed by atoms with E-state index in [9.17, 15) is 8.42 Å². The molecule has 1 unspecified atom stereocenters. The second kappa shape index (κ2) is 7.82. The van der Waals surface area contributed by atoms with Crippen molar-refractivity contribution in [2.45, 2.75) is 70.0 Å². The molecule has 1 saturated heterocycles. The van der Waals surface area contributed by atoms with Crippen molar-refractivity contribution in [2.75, 3.05) is 7.11 Å². The third kappa shape index (κ3) is 4.45. The summed E-state index contributed by atoms with van der Waals surface area (Å²) in [5.41, 5.74) is 1.16. The monoisotopic (exact) mass is 407 g/mol. The highest BCUT2D eigenvalue weighted by atomic mass is 32.2. The first-order valence-corrected chi connectivity index (χ1v) is 11.2. The number of nitrogens with one attached hydrogen (secondary N) is 1. The minimum Gasteiger partial charge on any atom is -0.497 e. The number of rotatable bonds is 6. The lowest BCUT2D eigenvalue weighted by Gasteiger charge is -2.32. The van der Waals surface area contributed by atoms with E-state index >= 15 is 0 Å². The zero-order valence-corrected chi connectivity index (χ0v) is 18.1. The normalized spacial score (nSPS) is 24.1. The van der Waals surface area contributed by atoms with Crippen LogP contribution in [0, 0.1) is 0 Å². The Labute approximate surface area is 168 Å². The van der Waals surface area contributed by atoms with Gasteiger partial charge in [0.05, 0.1) is 23.6 Å². The first-order valence-electron chi connectivity index (χ1n) is 9.70. The quantitative estimate of drug-likeness (QED) is 0.733. The molecule has 1 aromatic carbocycles. The summed E-state index contributed by atoms with van der Waals surface area (Å²) in [7, 11) is -2.18. The second-order valence-corrected chi connectivity index (χ2v) is 10.5. The number of methoxy groups -OCH3 is 1. The second-order valence-electron chi connectivity index (χ2n) is 8.48. The summed E-state index contributed by atoms with van der Waals surface area (Å²) >= 11 is 0. The summed E-state index contributed by atoms with van der Waals surface area (Å²) in [6.07, 6.45) is 3.67. The Kier molecular flexibility index (Phi) is 5.97. The molecule has 2 aliphatic rings. The van der Waals surface area contributed by atoms with Crippen LogP contribution >= 0.6 is 0 Å². The molecule has 1 aliphatic carbocycles. The Morgan fingerprint density at radius 3 is 2.25 bits per heavy atom. The van der Waals surface area contributed by atoms with Gasteiger partial charge < -0.3 is 14.0 Å². The Balaban J connectivity index is 1.58. The van der Waals surface area contributed by atoms with Gasteiger partial charge >= 0.3 is 7.12 Å². The van der Waals surface area contributed by atoms with Crippen LogP contribution in [-0.4, -0.2) is 39.1 Å². The van der Waals surface area contributed by atoms with Gasteiger partial charge in [0, 0.05) is 6.54 Å². The van der Waals surface area contributed by atoms with Crippen LogP contribution < -0.4 is 9.46 Å². The van der Waals surface area contributed by atoms with Gasteiger partial charge in [-0.05, 0) is 70.1 Å². The van der Waals surface area contributed by atoms with Crippen molar-refractivity contribution < 1.29 is 22.5 Å². The molecule has 1 heterocycles. The van der Waals surface area contributed by atoms with Crippen LogP contribution in [0.5, 0.6) is 5.75 Å². The zero-order chi connectivity index (χ0) is 20.6. The van der Waals surface area contributed by atoms with Crippen LogP contribution in [0.2, 0.25) is 0 Å². The van der Waals surface area contributed by atoms with Gasteiger partial charge in [0.25, 0.3) is 0 Å². The molecule has 28 heavy (non-hydrogen) atoms. The molecule has 8 heteroatoms. The minimum absolute atomic E-state index is 0.274. The number of benzene rings is 1. The average Bonchev–Trinajstić information content (AvgIpc) is 2.88. The maximum Gasteiger partial charge on any atom is 0.490 e. The number of allylic oxidation sites excluding steroid dienone is 2. The molecular weight excluding hydrogens is 377 g/mol. The van der Waals surface area contributed by atoms with Gasteiger partial charge in [-0.1, -0.05) is 18.2 Å². The Bertz CT molecular complexity index is 817. The summed E-state index contributed by atoms with van der Waals surface area (Å²) in [5.74, 6) is 0.749. The van der Waals surface area contributed by atoms with Crippen molar-refractivity contribution in [1.82, 2.24) is 4.72 Å². The Hall–Kier alpha value is -1.35. The van der Waals surface area contributed by atoms with E-state index in [4.69, 9.17) is 14.0 Å². The molecule has 0 spiro atoms. The van der Waals surface area contributed by atoms with Crippen LogP contribution in [-0.2, 0) is 25.9 Å². The van der Waals surface area contributed by atoms with Crippen LogP contribution in [0.15, 0.2) is 35.8 Å². The highest BCUT2D eigenvalue weighted by Crippen LogP contribution is 2.40. The fourth-order valence-corrected chi connectivity index (χ4v) is 4.75. The summed E-state index contributed by atoms with van der Waals surface area (Å²) in [5, 5.41) is -0.433. The van der Waals surface area contributed by atoms with Crippen molar-refractivity contribution in [1.29, 1.82) is 0 Å². The van der Waals surface area contributed by atoms with E-state index in [2.05, 4.69) is 4.72 Å². The molecule has 1 aromatic rings. The third-order valence-corrected chi connectivity index (χ3v) is 7.88. The van der Waals surface area contributed by atoms with Gasteiger partial charge in [-0.15, -0.1) is 0 Å². The molecule has 0 bridgehead atoms. The predicted molar refractivity (Wildman–Crippen MR) is 111 cm³/mol. The SMILES string of the molecule is COc1ccc(CNS(=O)(=O)C2CC=C(B3OC(C)(C)C(C)(C)O3)CC2)cc1. The van der Waals surface area contributed by atoms with Gasteiger partial charge in [-0.25, -0.2) is 13.1 Å². The predicted octanol–water partition coefficient (Wildman–Crippen LogP) is 3.22. The summed E-state index contributed by atoms with van der Waals surface area (Å²) in [6, 6.07) is 7.37. The molecule has 1 atom stereocenters. The molecule has 0 radical (unpaired) electrons. The Morgan fingerprint density at radius 1 is 1.14 bits per heavy atom. The van der Waals surface area contributed by atoms with E-state index in [1.165, 1.54) is 0 Å². The lowest BCUT2D eigenvalue weighted by Crippen LogP contribution is -2.41. The van der Waals surface area contributed by atoms with Crippen molar-refractivity contribution in [3.63, 3.8) is 0 Å². The number of hydrogen-bond donors (Lipinski definition) is 1.